The van der Waals surface area contributed by atoms with Crippen LogP contribution in [0.4, 0.5) is 0 Å². The van der Waals surface area contributed by atoms with Gasteiger partial charge < -0.3 is 9.30 Å². The molecule has 6 heteroatoms. The third kappa shape index (κ3) is 3.99. The molecular weight excluding hydrogens is 464 g/mol. The molecule has 0 fully saturated rings. The molecule has 0 aliphatic carbocycles. The summed E-state index contributed by atoms with van der Waals surface area (Å²) in [5.74, 6) is 0. The Balaban J connectivity index is 1.99. The fourth-order valence-electron chi connectivity index (χ4n) is 4.96. The monoisotopic (exact) mass is 496 g/mol. The van der Waals surface area contributed by atoms with E-state index in [2.05, 4.69) is 84.8 Å². The summed E-state index contributed by atoms with van der Waals surface area (Å²) in [7, 11) is 0. The number of alkyl halides is 1. The van der Waals surface area contributed by atoms with Gasteiger partial charge in [-0.2, -0.15) is 9.61 Å². The summed E-state index contributed by atoms with van der Waals surface area (Å²) in [6, 6.07) is 6.80. The van der Waals surface area contributed by atoms with E-state index in [-0.39, 0.29) is 0 Å². The van der Waals surface area contributed by atoms with Crippen LogP contribution in [0.1, 0.15) is 47.1 Å². The fourth-order valence-corrected chi connectivity index (χ4v) is 5.19. The van der Waals surface area contributed by atoms with Crippen LogP contribution in [0.2, 0.25) is 0 Å². The molecule has 5 nitrogen and oxygen atoms in total. The molecule has 0 radical (unpaired) electrons. The zero-order valence-corrected chi connectivity index (χ0v) is 21.6. The quantitative estimate of drug-likeness (QED) is 0.213. The predicted octanol–water partition coefficient (Wildman–Crippen LogP) is 6.26. The Morgan fingerprint density at radius 2 is 1.66 bits per heavy atom. The van der Waals surface area contributed by atoms with Gasteiger partial charge >= 0.3 is 0 Å². The van der Waals surface area contributed by atoms with Gasteiger partial charge in [0.05, 0.1) is 30.2 Å². The first-order chi connectivity index (χ1) is 15.4. The van der Waals surface area contributed by atoms with Crippen molar-refractivity contribution < 1.29 is 4.74 Å². The van der Waals surface area contributed by atoms with Crippen LogP contribution in [0.15, 0.2) is 18.2 Å². The highest BCUT2D eigenvalue weighted by atomic mass is 79.9. The van der Waals surface area contributed by atoms with Gasteiger partial charge in [-0.3, -0.25) is 0 Å². The van der Waals surface area contributed by atoms with E-state index in [4.69, 9.17) is 14.8 Å². The zero-order valence-electron chi connectivity index (χ0n) is 20.0. The predicted molar refractivity (Wildman–Crippen MR) is 136 cm³/mol. The number of nitrogens with zero attached hydrogens (tertiary/aromatic N) is 4. The van der Waals surface area contributed by atoms with E-state index >= 15 is 0 Å². The van der Waals surface area contributed by atoms with Crippen molar-refractivity contribution >= 4 is 32.6 Å². The van der Waals surface area contributed by atoms with Gasteiger partial charge in [0.25, 0.3) is 0 Å². The molecule has 0 atom stereocenters. The topological polar surface area (TPSA) is 44.4 Å². The van der Waals surface area contributed by atoms with E-state index in [1.165, 1.54) is 33.3 Å². The smallest absolute Gasteiger partial charge is 0.165 e. The fraction of sp³-hybridized carbons (Fsp3) is 0.462. The highest BCUT2D eigenvalue weighted by Crippen LogP contribution is 2.35. The summed E-state index contributed by atoms with van der Waals surface area (Å²) in [6.07, 6.45) is 2.12. The van der Waals surface area contributed by atoms with Crippen molar-refractivity contribution in [1.82, 2.24) is 19.2 Å². The Hall–Kier alpha value is -2.18. The van der Waals surface area contributed by atoms with Crippen molar-refractivity contribution in [3.63, 3.8) is 0 Å². The van der Waals surface area contributed by atoms with Gasteiger partial charge in [0.2, 0.25) is 0 Å². The minimum atomic E-state index is 0.679. The Morgan fingerprint density at radius 3 is 2.31 bits per heavy atom. The Labute approximate surface area is 198 Å². The largest absolute Gasteiger partial charge is 0.379 e. The van der Waals surface area contributed by atoms with Crippen LogP contribution in [0.5, 0.6) is 0 Å². The standard InChI is InChI=1S/C26H33BrN4O/c1-7-8-21-15-22-19(5)28-25-24(23-17(3)13-16(2)14-18(23)4)20(6)29-31(25)26(22)30(21)10-12-32-11-9-27/h13-15H,7-12H2,1-6H3. The third-order valence-electron chi connectivity index (χ3n) is 6.17. The molecule has 3 aromatic heterocycles. The molecule has 0 amide bonds. The normalized spacial score (nSPS) is 11.8. The van der Waals surface area contributed by atoms with E-state index in [1.807, 2.05) is 0 Å². The summed E-state index contributed by atoms with van der Waals surface area (Å²) in [4.78, 5) is 5.08. The SMILES string of the molecule is CCCc1cc2c(C)nc3c(-c4c(C)cc(C)cc4C)c(C)nn3c2n1CCOCCBr. The van der Waals surface area contributed by atoms with Gasteiger partial charge in [0, 0.05) is 23.0 Å². The van der Waals surface area contributed by atoms with Crippen molar-refractivity contribution in [2.24, 2.45) is 0 Å². The minimum Gasteiger partial charge on any atom is -0.379 e. The van der Waals surface area contributed by atoms with Crippen LogP contribution in [-0.4, -0.2) is 37.7 Å². The highest BCUT2D eigenvalue weighted by molar-refractivity contribution is 9.09. The van der Waals surface area contributed by atoms with Crippen LogP contribution in [0, 0.1) is 34.6 Å². The summed E-state index contributed by atoms with van der Waals surface area (Å²) in [5.41, 5.74) is 11.7. The molecule has 0 bridgehead atoms. The number of halogens is 1. The Morgan fingerprint density at radius 1 is 0.938 bits per heavy atom. The maximum absolute atomic E-state index is 5.81. The molecular formula is C26H33BrN4O. The summed E-state index contributed by atoms with van der Waals surface area (Å²) in [5, 5.41) is 7.05. The molecule has 1 aromatic carbocycles. The average molecular weight is 497 g/mol. The van der Waals surface area contributed by atoms with E-state index < -0.39 is 0 Å². The molecule has 0 saturated carbocycles. The van der Waals surface area contributed by atoms with Crippen molar-refractivity contribution in [3.8, 4) is 11.1 Å². The van der Waals surface area contributed by atoms with Gasteiger partial charge in [-0.05, 0) is 63.8 Å². The molecule has 0 spiro atoms. The first-order valence-corrected chi connectivity index (χ1v) is 12.6. The Bertz CT molecular complexity index is 1260. The molecule has 4 aromatic rings. The maximum Gasteiger partial charge on any atom is 0.165 e. The highest BCUT2D eigenvalue weighted by Gasteiger charge is 2.22. The van der Waals surface area contributed by atoms with Gasteiger partial charge in [0.15, 0.2) is 5.65 Å². The third-order valence-corrected chi connectivity index (χ3v) is 6.49. The number of ether oxygens (including phenoxy) is 1. The molecule has 3 heterocycles. The Kier molecular flexibility index (Phi) is 6.72. The molecule has 0 aliphatic heterocycles. The van der Waals surface area contributed by atoms with Gasteiger partial charge in [0.1, 0.15) is 5.65 Å². The van der Waals surface area contributed by atoms with Crippen LogP contribution in [0.3, 0.4) is 0 Å². The first-order valence-electron chi connectivity index (χ1n) is 11.5. The van der Waals surface area contributed by atoms with Crippen molar-refractivity contribution in [2.45, 2.75) is 60.9 Å². The first kappa shape index (κ1) is 23.0. The number of rotatable bonds is 8. The van der Waals surface area contributed by atoms with E-state index in [9.17, 15) is 0 Å². The lowest BCUT2D eigenvalue weighted by molar-refractivity contribution is 0.142. The lowest BCUT2D eigenvalue weighted by Gasteiger charge is -2.13. The summed E-state index contributed by atoms with van der Waals surface area (Å²) >= 11 is 3.44. The van der Waals surface area contributed by atoms with Gasteiger partial charge in [-0.15, -0.1) is 0 Å². The van der Waals surface area contributed by atoms with Crippen molar-refractivity contribution in [2.75, 3.05) is 18.5 Å². The van der Waals surface area contributed by atoms with Gasteiger partial charge in [-0.1, -0.05) is 47.0 Å². The number of fused-ring (bicyclic) bond motifs is 3. The number of hydrogen-bond donors (Lipinski definition) is 0. The second-order valence-electron chi connectivity index (χ2n) is 8.74. The molecule has 170 valence electrons. The van der Waals surface area contributed by atoms with E-state index in [0.717, 1.165) is 59.6 Å². The summed E-state index contributed by atoms with van der Waals surface area (Å²) in [6.45, 7) is 15.2. The molecule has 0 aliphatic rings. The molecule has 0 N–H and O–H groups in total. The number of aromatic nitrogens is 4. The molecule has 0 unspecified atom stereocenters. The minimum absolute atomic E-state index is 0.679. The van der Waals surface area contributed by atoms with Crippen LogP contribution < -0.4 is 0 Å². The van der Waals surface area contributed by atoms with Crippen LogP contribution >= 0.6 is 15.9 Å². The summed E-state index contributed by atoms with van der Waals surface area (Å²) < 4.78 is 10.3. The van der Waals surface area contributed by atoms with Crippen molar-refractivity contribution in [1.29, 1.82) is 0 Å². The number of aryl methyl sites for hydroxylation is 6. The van der Waals surface area contributed by atoms with Crippen molar-refractivity contribution in [3.05, 3.63) is 52.0 Å². The maximum atomic E-state index is 5.81. The van der Waals surface area contributed by atoms with Gasteiger partial charge in [-0.25, -0.2) is 4.98 Å². The number of hydrogen-bond acceptors (Lipinski definition) is 3. The molecule has 0 saturated heterocycles. The number of benzene rings is 1. The second kappa shape index (κ2) is 9.36. The molecule has 32 heavy (non-hydrogen) atoms. The lowest BCUT2D eigenvalue weighted by atomic mass is 9.94. The zero-order chi connectivity index (χ0) is 23.0. The van der Waals surface area contributed by atoms with Crippen LogP contribution in [0.25, 0.3) is 27.8 Å². The molecule has 4 rings (SSSR count). The second-order valence-corrected chi connectivity index (χ2v) is 9.54. The van der Waals surface area contributed by atoms with E-state index in [0.29, 0.717) is 6.61 Å². The van der Waals surface area contributed by atoms with Crippen LogP contribution in [-0.2, 0) is 17.7 Å². The van der Waals surface area contributed by atoms with E-state index in [1.54, 1.807) is 0 Å². The average Bonchev–Trinajstić information content (AvgIpc) is 3.24. The lowest BCUT2D eigenvalue weighted by Crippen LogP contribution is -2.12.